The molecule has 2 heterocycles. The average molecular weight is 233 g/mol. The van der Waals surface area contributed by atoms with Gasteiger partial charge in [0.15, 0.2) is 0 Å². The molecule has 1 aromatic rings. The van der Waals surface area contributed by atoms with Crippen molar-refractivity contribution in [2.75, 3.05) is 26.2 Å². The standard InChI is InChI=1S/C14H23N3/c1-2-13-5-8-17(12-13)9-7-16-11-14-4-3-6-15-10-14/h3-4,6,10,13,16H,2,5,7-9,11-12H2,1H3. The lowest BCUT2D eigenvalue weighted by Gasteiger charge is -2.15. The van der Waals surface area contributed by atoms with Crippen molar-refractivity contribution in [3.8, 4) is 0 Å². The highest BCUT2D eigenvalue weighted by Gasteiger charge is 2.19. The Balaban J connectivity index is 1.58. The van der Waals surface area contributed by atoms with Crippen LogP contribution in [0.5, 0.6) is 0 Å². The van der Waals surface area contributed by atoms with Crippen molar-refractivity contribution in [2.24, 2.45) is 5.92 Å². The van der Waals surface area contributed by atoms with Gasteiger partial charge >= 0.3 is 0 Å². The van der Waals surface area contributed by atoms with Crippen molar-refractivity contribution < 1.29 is 0 Å². The molecule has 1 aromatic heterocycles. The fourth-order valence-electron chi connectivity index (χ4n) is 2.42. The zero-order valence-electron chi connectivity index (χ0n) is 10.7. The van der Waals surface area contributed by atoms with Crippen LogP contribution in [0.1, 0.15) is 25.3 Å². The third-order valence-electron chi connectivity index (χ3n) is 3.60. The molecule has 0 saturated carbocycles. The highest BCUT2D eigenvalue weighted by Crippen LogP contribution is 2.17. The molecule has 0 radical (unpaired) electrons. The van der Waals surface area contributed by atoms with E-state index in [0.29, 0.717) is 0 Å². The molecule has 0 amide bonds. The molecule has 94 valence electrons. The second kappa shape index (κ2) is 6.72. The van der Waals surface area contributed by atoms with Gasteiger partial charge in [-0.1, -0.05) is 19.4 Å². The number of aromatic nitrogens is 1. The first-order valence-electron chi connectivity index (χ1n) is 6.70. The highest BCUT2D eigenvalue weighted by atomic mass is 15.2. The second-order valence-corrected chi connectivity index (χ2v) is 4.90. The molecule has 1 unspecified atom stereocenters. The van der Waals surface area contributed by atoms with Gasteiger partial charge in [0.1, 0.15) is 0 Å². The molecule has 1 saturated heterocycles. The van der Waals surface area contributed by atoms with Gasteiger partial charge in [0.25, 0.3) is 0 Å². The Hall–Kier alpha value is -0.930. The van der Waals surface area contributed by atoms with Crippen LogP contribution in [0, 0.1) is 5.92 Å². The maximum absolute atomic E-state index is 4.11. The first-order valence-corrected chi connectivity index (χ1v) is 6.70. The molecule has 2 rings (SSSR count). The fourth-order valence-corrected chi connectivity index (χ4v) is 2.42. The lowest BCUT2D eigenvalue weighted by Crippen LogP contribution is -2.30. The van der Waals surface area contributed by atoms with Gasteiger partial charge in [-0.05, 0) is 30.5 Å². The largest absolute Gasteiger partial charge is 0.311 e. The summed E-state index contributed by atoms with van der Waals surface area (Å²) in [5.74, 6) is 0.938. The monoisotopic (exact) mass is 233 g/mol. The molecule has 1 aliphatic heterocycles. The number of hydrogen-bond acceptors (Lipinski definition) is 3. The number of hydrogen-bond donors (Lipinski definition) is 1. The highest BCUT2D eigenvalue weighted by molar-refractivity contribution is 5.07. The van der Waals surface area contributed by atoms with E-state index < -0.39 is 0 Å². The molecule has 0 bridgehead atoms. The first kappa shape index (κ1) is 12.5. The van der Waals surface area contributed by atoms with Crippen LogP contribution in [0.25, 0.3) is 0 Å². The summed E-state index contributed by atoms with van der Waals surface area (Å²) in [6.45, 7) is 8.06. The Morgan fingerprint density at radius 2 is 2.47 bits per heavy atom. The van der Waals surface area contributed by atoms with Gasteiger partial charge < -0.3 is 10.2 Å². The van der Waals surface area contributed by atoms with E-state index in [1.807, 2.05) is 18.5 Å². The molecular weight excluding hydrogens is 210 g/mol. The molecule has 17 heavy (non-hydrogen) atoms. The normalized spacial score (nSPS) is 20.9. The van der Waals surface area contributed by atoms with E-state index in [1.54, 1.807) is 0 Å². The molecule has 1 N–H and O–H groups in total. The van der Waals surface area contributed by atoms with Crippen LogP contribution in [-0.4, -0.2) is 36.1 Å². The zero-order chi connectivity index (χ0) is 11.9. The summed E-state index contributed by atoms with van der Waals surface area (Å²) in [6.07, 6.45) is 6.47. The van der Waals surface area contributed by atoms with Crippen molar-refractivity contribution in [1.82, 2.24) is 15.2 Å². The minimum atomic E-state index is 0.929. The molecule has 1 aliphatic rings. The quantitative estimate of drug-likeness (QED) is 0.761. The van der Waals surface area contributed by atoms with E-state index in [9.17, 15) is 0 Å². The van der Waals surface area contributed by atoms with Crippen molar-refractivity contribution in [3.63, 3.8) is 0 Å². The lowest BCUT2D eigenvalue weighted by molar-refractivity contribution is 0.320. The maximum atomic E-state index is 4.11. The SMILES string of the molecule is CCC1CCN(CCNCc2cccnc2)C1. The van der Waals surface area contributed by atoms with Crippen LogP contribution >= 0.6 is 0 Å². The Kier molecular flexibility index (Phi) is 4.95. The number of likely N-dealkylation sites (tertiary alicyclic amines) is 1. The van der Waals surface area contributed by atoms with Crippen LogP contribution in [0.3, 0.4) is 0 Å². The number of nitrogens with one attached hydrogen (secondary N) is 1. The summed E-state index contributed by atoms with van der Waals surface area (Å²) in [6, 6.07) is 4.10. The molecule has 3 heteroatoms. The molecule has 0 aliphatic carbocycles. The van der Waals surface area contributed by atoms with Gasteiger partial charge in [-0.25, -0.2) is 0 Å². The molecule has 1 fully saturated rings. The summed E-state index contributed by atoms with van der Waals surface area (Å²) in [5, 5.41) is 3.48. The van der Waals surface area contributed by atoms with E-state index in [2.05, 4.69) is 28.2 Å². The summed E-state index contributed by atoms with van der Waals surface area (Å²) in [4.78, 5) is 6.69. The summed E-state index contributed by atoms with van der Waals surface area (Å²) in [7, 11) is 0. The van der Waals surface area contributed by atoms with Gasteiger partial charge in [0.2, 0.25) is 0 Å². The Morgan fingerprint density at radius 1 is 1.53 bits per heavy atom. The molecule has 1 atom stereocenters. The van der Waals surface area contributed by atoms with Crippen LogP contribution in [0.2, 0.25) is 0 Å². The predicted octanol–water partition coefficient (Wildman–Crippen LogP) is 1.90. The summed E-state index contributed by atoms with van der Waals surface area (Å²) in [5.41, 5.74) is 1.26. The number of rotatable bonds is 6. The molecule has 0 aromatic carbocycles. The predicted molar refractivity (Wildman–Crippen MR) is 70.8 cm³/mol. The molecule has 3 nitrogen and oxygen atoms in total. The van der Waals surface area contributed by atoms with Gasteiger partial charge in [0, 0.05) is 38.6 Å². The van der Waals surface area contributed by atoms with E-state index in [1.165, 1.54) is 38.0 Å². The fraction of sp³-hybridized carbons (Fsp3) is 0.643. The first-order chi connectivity index (χ1) is 8.38. The summed E-state index contributed by atoms with van der Waals surface area (Å²) < 4.78 is 0. The lowest BCUT2D eigenvalue weighted by atomic mass is 10.1. The maximum Gasteiger partial charge on any atom is 0.0312 e. The third kappa shape index (κ3) is 4.10. The Bertz CT molecular complexity index is 313. The second-order valence-electron chi connectivity index (χ2n) is 4.90. The van der Waals surface area contributed by atoms with E-state index in [0.717, 1.165) is 19.0 Å². The van der Waals surface area contributed by atoms with E-state index in [-0.39, 0.29) is 0 Å². The van der Waals surface area contributed by atoms with E-state index in [4.69, 9.17) is 0 Å². The summed E-state index contributed by atoms with van der Waals surface area (Å²) >= 11 is 0. The van der Waals surface area contributed by atoms with Gasteiger partial charge in [-0.3, -0.25) is 4.98 Å². The minimum Gasteiger partial charge on any atom is -0.311 e. The van der Waals surface area contributed by atoms with Crippen LogP contribution in [0.4, 0.5) is 0 Å². The van der Waals surface area contributed by atoms with Gasteiger partial charge in [-0.15, -0.1) is 0 Å². The third-order valence-corrected chi connectivity index (χ3v) is 3.60. The minimum absolute atomic E-state index is 0.929. The van der Waals surface area contributed by atoms with Crippen molar-refractivity contribution in [2.45, 2.75) is 26.3 Å². The van der Waals surface area contributed by atoms with Crippen LogP contribution in [-0.2, 0) is 6.54 Å². The van der Waals surface area contributed by atoms with E-state index >= 15 is 0 Å². The zero-order valence-corrected chi connectivity index (χ0v) is 10.7. The van der Waals surface area contributed by atoms with Crippen molar-refractivity contribution in [3.05, 3.63) is 30.1 Å². The van der Waals surface area contributed by atoms with Crippen LogP contribution < -0.4 is 5.32 Å². The number of nitrogens with zero attached hydrogens (tertiary/aromatic N) is 2. The average Bonchev–Trinajstić information content (AvgIpc) is 2.84. The smallest absolute Gasteiger partial charge is 0.0312 e. The molecule has 0 spiro atoms. The van der Waals surface area contributed by atoms with Gasteiger partial charge in [-0.2, -0.15) is 0 Å². The number of pyridine rings is 1. The Labute approximate surface area is 104 Å². The van der Waals surface area contributed by atoms with Crippen molar-refractivity contribution in [1.29, 1.82) is 0 Å². The van der Waals surface area contributed by atoms with Crippen LogP contribution in [0.15, 0.2) is 24.5 Å². The Morgan fingerprint density at radius 3 is 3.18 bits per heavy atom. The van der Waals surface area contributed by atoms with Gasteiger partial charge in [0.05, 0.1) is 0 Å². The van der Waals surface area contributed by atoms with Crippen molar-refractivity contribution >= 4 is 0 Å². The molecular formula is C14H23N3. The topological polar surface area (TPSA) is 28.2 Å².